The van der Waals surface area contributed by atoms with Crippen LogP contribution in [-0.2, 0) is 17.9 Å². The Morgan fingerprint density at radius 2 is 1.88 bits per heavy atom. The molecular weight excluding hydrogens is 664 g/mol. The number of aromatic nitrogens is 2. The lowest BCUT2D eigenvalue weighted by molar-refractivity contribution is -0.144. The van der Waals surface area contributed by atoms with Crippen molar-refractivity contribution in [2.75, 3.05) is 25.0 Å². The lowest BCUT2D eigenvalue weighted by Gasteiger charge is -2.32. The minimum absolute atomic E-state index is 0.239. The van der Waals surface area contributed by atoms with Crippen LogP contribution in [0.15, 0.2) is 60.9 Å². The zero-order valence-corrected chi connectivity index (χ0v) is 29.5. The second-order valence-corrected chi connectivity index (χ2v) is 13.8. The smallest absolute Gasteiger partial charge is 0.320 e. The molecule has 2 atom stereocenters. The van der Waals surface area contributed by atoms with Gasteiger partial charge in [-0.1, -0.05) is 48.4 Å². The maximum absolute atomic E-state index is 13.3. The maximum Gasteiger partial charge on any atom is 0.320 e. The summed E-state index contributed by atoms with van der Waals surface area (Å²) >= 11 is 6.70. The van der Waals surface area contributed by atoms with Crippen molar-refractivity contribution in [3.8, 4) is 17.2 Å². The first-order chi connectivity index (χ1) is 24.6. The molecule has 2 fully saturated rings. The molecule has 0 bridgehead atoms. The Morgan fingerprint density at radius 3 is 2.61 bits per heavy atom. The first-order valence-electron chi connectivity index (χ1n) is 17.2. The summed E-state index contributed by atoms with van der Waals surface area (Å²) in [6.07, 6.45) is 9.94. The molecule has 0 saturated carbocycles. The van der Waals surface area contributed by atoms with Crippen molar-refractivity contribution in [2.45, 2.75) is 64.8 Å². The third-order valence-electron chi connectivity index (χ3n) is 9.82. The minimum Gasteiger partial charge on any atom is -0.480 e. The molecule has 6 rings (SSSR count). The van der Waals surface area contributed by atoms with Gasteiger partial charge >= 0.3 is 5.97 Å². The highest BCUT2D eigenvalue weighted by Crippen LogP contribution is 2.33. The highest BCUT2D eigenvalue weighted by molar-refractivity contribution is 6.32. The summed E-state index contributed by atoms with van der Waals surface area (Å²) in [5.74, 6) is -1.19. The van der Waals surface area contributed by atoms with Gasteiger partial charge in [0.1, 0.15) is 17.8 Å². The van der Waals surface area contributed by atoms with Crippen LogP contribution in [-0.4, -0.2) is 73.6 Å². The number of nitriles is 1. The number of halogens is 1. The lowest BCUT2D eigenvalue weighted by atomic mass is 9.94. The Morgan fingerprint density at radius 1 is 1.04 bits per heavy atom. The van der Waals surface area contributed by atoms with E-state index in [9.17, 15) is 25.1 Å². The predicted molar refractivity (Wildman–Crippen MR) is 198 cm³/mol. The molecule has 2 aliphatic rings. The number of nitrogens with one attached hydrogen (secondary N) is 1. The van der Waals surface area contributed by atoms with Crippen molar-refractivity contribution in [3.63, 3.8) is 0 Å². The molecule has 2 aromatic carbocycles. The SMILES string of the molecule is Cc1cc(/C=C/c2nccc(-c3cccc(NC(=O)c4ccc(CN5CCCC[C@@H]5C(=O)O)cn4)c3C)c2C#N)c(Cl)cc1CN1CC[C@@H](O)C1. The Bertz CT molecular complexity index is 2010. The number of piperidine rings is 1. The van der Waals surface area contributed by atoms with Gasteiger partial charge in [-0.3, -0.25) is 29.4 Å². The number of aliphatic hydroxyl groups is 1. The number of carbonyl (C=O) groups is 2. The number of aliphatic hydroxyl groups excluding tert-OH is 1. The van der Waals surface area contributed by atoms with Crippen LogP contribution in [0.3, 0.4) is 0 Å². The van der Waals surface area contributed by atoms with Gasteiger partial charge in [-0.05, 0) is 103 Å². The molecule has 4 heterocycles. The molecule has 0 unspecified atom stereocenters. The number of likely N-dealkylation sites (tertiary alicyclic amines) is 2. The normalized spacial score (nSPS) is 18.2. The van der Waals surface area contributed by atoms with Crippen LogP contribution in [0.5, 0.6) is 0 Å². The summed E-state index contributed by atoms with van der Waals surface area (Å²) in [6.45, 7) is 7.36. The molecule has 10 nitrogen and oxygen atoms in total. The van der Waals surface area contributed by atoms with Crippen LogP contribution >= 0.6 is 11.6 Å². The van der Waals surface area contributed by atoms with E-state index in [0.717, 1.165) is 65.7 Å². The Balaban J connectivity index is 1.17. The van der Waals surface area contributed by atoms with Gasteiger partial charge in [-0.25, -0.2) is 0 Å². The number of carboxylic acid groups (broad SMARTS) is 1. The molecule has 1 amide bonds. The number of rotatable bonds is 10. The molecule has 0 radical (unpaired) electrons. The first kappa shape index (κ1) is 35.9. The van der Waals surface area contributed by atoms with Gasteiger partial charge in [0, 0.05) is 54.8 Å². The van der Waals surface area contributed by atoms with E-state index in [1.165, 1.54) is 0 Å². The van der Waals surface area contributed by atoms with Gasteiger partial charge in [0.2, 0.25) is 0 Å². The van der Waals surface area contributed by atoms with Crippen molar-refractivity contribution in [3.05, 3.63) is 111 Å². The van der Waals surface area contributed by atoms with Crippen molar-refractivity contribution in [1.29, 1.82) is 5.26 Å². The van der Waals surface area contributed by atoms with E-state index in [1.54, 1.807) is 36.7 Å². The summed E-state index contributed by atoms with van der Waals surface area (Å²) < 4.78 is 0. The van der Waals surface area contributed by atoms with Crippen LogP contribution in [0, 0.1) is 25.2 Å². The average Bonchev–Trinajstić information content (AvgIpc) is 3.54. The highest BCUT2D eigenvalue weighted by atomic mass is 35.5. The number of hydrogen-bond donors (Lipinski definition) is 3. The summed E-state index contributed by atoms with van der Waals surface area (Å²) in [4.78, 5) is 38.0. The Labute approximate surface area is 303 Å². The summed E-state index contributed by atoms with van der Waals surface area (Å²) in [5, 5.41) is 33.3. The third-order valence-corrected chi connectivity index (χ3v) is 10.2. The molecule has 3 N–H and O–H groups in total. The Hall–Kier alpha value is -4.92. The number of amides is 1. The molecule has 0 aliphatic carbocycles. The molecule has 262 valence electrons. The van der Waals surface area contributed by atoms with Crippen LogP contribution in [0.4, 0.5) is 5.69 Å². The molecule has 51 heavy (non-hydrogen) atoms. The standard InChI is InChI=1S/C40H41ClN6O4/c1-25-18-28(34(41)19-29(25)23-46-17-14-30(48)24-46)10-12-36-33(20-42)32(13-15-43-36)31-6-5-7-35(26(31)2)45-39(49)37-11-9-27(21-44-37)22-47-16-4-3-8-38(47)40(50)51/h5-7,9-13,15,18-19,21,30,38,48H,3-4,8,14,16-17,22-24H2,1-2H3,(H,45,49)(H,50,51)/b12-10+/t30-,38-/m1/s1. The number of β-amino-alcohol motifs (C(OH)–C–C–N with tert-alkyl or cyclic N) is 1. The highest BCUT2D eigenvalue weighted by Gasteiger charge is 2.28. The quantitative estimate of drug-likeness (QED) is 0.164. The molecule has 0 spiro atoms. The van der Waals surface area contributed by atoms with E-state index in [0.29, 0.717) is 53.6 Å². The van der Waals surface area contributed by atoms with E-state index >= 15 is 0 Å². The van der Waals surface area contributed by atoms with Gasteiger partial charge in [-0.2, -0.15) is 5.26 Å². The summed E-state index contributed by atoms with van der Waals surface area (Å²) in [5.41, 5.74) is 7.83. The number of anilines is 1. The predicted octanol–water partition coefficient (Wildman–Crippen LogP) is 6.71. The van der Waals surface area contributed by atoms with Gasteiger partial charge < -0.3 is 15.5 Å². The Kier molecular flexibility index (Phi) is 11.2. The number of benzene rings is 2. The zero-order chi connectivity index (χ0) is 36.1. The number of pyridine rings is 2. The van der Waals surface area contributed by atoms with Crippen LogP contribution < -0.4 is 5.32 Å². The third kappa shape index (κ3) is 8.35. The maximum atomic E-state index is 13.3. The average molecular weight is 705 g/mol. The second-order valence-electron chi connectivity index (χ2n) is 13.3. The van der Waals surface area contributed by atoms with Crippen LogP contribution in [0.1, 0.15) is 75.2 Å². The van der Waals surface area contributed by atoms with Crippen molar-refractivity contribution in [1.82, 2.24) is 19.8 Å². The summed E-state index contributed by atoms with van der Waals surface area (Å²) in [7, 11) is 0. The van der Waals surface area contributed by atoms with E-state index in [-0.39, 0.29) is 17.7 Å². The topological polar surface area (TPSA) is 143 Å². The first-order valence-corrected chi connectivity index (χ1v) is 17.6. The van der Waals surface area contributed by atoms with E-state index in [1.807, 2.05) is 55.2 Å². The second kappa shape index (κ2) is 16.0. The molecule has 2 aliphatic heterocycles. The van der Waals surface area contributed by atoms with Gasteiger partial charge in [0.15, 0.2) is 0 Å². The van der Waals surface area contributed by atoms with Crippen molar-refractivity contribution in [2.24, 2.45) is 0 Å². The van der Waals surface area contributed by atoms with Gasteiger partial charge in [-0.15, -0.1) is 0 Å². The van der Waals surface area contributed by atoms with E-state index in [2.05, 4.69) is 26.3 Å². The zero-order valence-electron chi connectivity index (χ0n) is 28.8. The van der Waals surface area contributed by atoms with E-state index in [4.69, 9.17) is 11.6 Å². The summed E-state index contributed by atoms with van der Waals surface area (Å²) in [6, 6.07) is 16.6. The minimum atomic E-state index is -0.810. The van der Waals surface area contributed by atoms with Crippen molar-refractivity contribution < 1.29 is 19.8 Å². The monoisotopic (exact) mass is 704 g/mol. The number of nitrogens with zero attached hydrogens (tertiary/aromatic N) is 5. The fourth-order valence-electron chi connectivity index (χ4n) is 6.95. The molecule has 11 heteroatoms. The number of aliphatic carboxylic acids is 1. The molecule has 2 saturated heterocycles. The fraction of sp³-hybridized carbons (Fsp3) is 0.325. The fourth-order valence-corrected chi connectivity index (χ4v) is 7.20. The number of carbonyl (C=O) groups excluding carboxylic acids is 1. The van der Waals surface area contributed by atoms with Crippen LogP contribution in [0.25, 0.3) is 23.3 Å². The van der Waals surface area contributed by atoms with Crippen molar-refractivity contribution >= 4 is 41.3 Å². The number of aryl methyl sites for hydroxylation is 1. The van der Waals surface area contributed by atoms with Gasteiger partial charge in [0.25, 0.3) is 5.91 Å². The molecule has 2 aromatic heterocycles. The lowest BCUT2D eigenvalue weighted by Crippen LogP contribution is -2.44. The largest absolute Gasteiger partial charge is 0.480 e. The number of carboxylic acids is 1. The van der Waals surface area contributed by atoms with Crippen LogP contribution in [0.2, 0.25) is 5.02 Å². The molecule has 4 aromatic rings. The molecular formula is C40H41ClN6O4. The van der Waals surface area contributed by atoms with Gasteiger partial charge in [0.05, 0.1) is 17.4 Å². The number of hydrogen-bond acceptors (Lipinski definition) is 8. The van der Waals surface area contributed by atoms with E-state index < -0.39 is 12.0 Å².